The number of alkyl halides is 1. The average Bonchev–Trinajstić information content (AvgIpc) is 1.62. The molecule has 0 radical (unpaired) electrons. The molecule has 0 spiro atoms. The third kappa shape index (κ3) is 1.36. The van der Waals surface area contributed by atoms with Crippen molar-refractivity contribution in [2.45, 2.75) is 31.5 Å². The Balaban J connectivity index is 2.35. The van der Waals surface area contributed by atoms with E-state index in [9.17, 15) is 9.18 Å². The maximum absolute atomic E-state index is 12.6. The summed E-state index contributed by atoms with van der Waals surface area (Å²) < 4.78 is 12.6. The van der Waals surface area contributed by atoms with Crippen molar-refractivity contribution in [2.24, 2.45) is 4.99 Å². The van der Waals surface area contributed by atoms with E-state index in [4.69, 9.17) is 0 Å². The van der Waals surface area contributed by atoms with Crippen LogP contribution in [0.5, 0.6) is 0 Å². The van der Waals surface area contributed by atoms with E-state index >= 15 is 0 Å². The van der Waals surface area contributed by atoms with Gasteiger partial charge in [0.15, 0.2) is 0 Å². The minimum Gasteiger partial charge on any atom is -0.244 e. The zero-order valence-electron chi connectivity index (χ0n) is 5.22. The van der Waals surface area contributed by atoms with Gasteiger partial charge in [0.05, 0.1) is 6.04 Å². The van der Waals surface area contributed by atoms with Crippen LogP contribution in [0.15, 0.2) is 4.99 Å². The lowest BCUT2D eigenvalue weighted by Gasteiger charge is -2.34. The first-order chi connectivity index (χ1) is 4.14. The van der Waals surface area contributed by atoms with Crippen LogP contribution in [0.4, 0.5) is 4.39 Å². The van der Waals surface area contributed by atoms with Gasteiger partial charge in [-0.2, -0.15) is 0 Å². The van der Waals surface area contributed by atoms with Crippen LogP contribution in [-0.4, -0.2) is 17.8 Å². The smallest absolute Gasteiger partial charge is 0.235 e. The molecule has 0 aromatic rings. The Morgan fingerprint density at radius 1 is 1.78 bits per heavy atom. The predicted molar refractivity (Wildman–Crippen MR) is 30.7 cm³/mol. The maximum atomic E-state index is 12.6. The van der Waals surface area contributed by atoms with E-state index in [1.54, 1.807) is 0 Å². The van der Waals surface area contributed by atoms with E-state index < -0.39 is 5.67 Å². The summed E-state index contributed by atoms with van der Waals surface area (Å²) >= 11 is 0. The highest BCUT2D eigenvalue weighted by Gasteiger charge is 2.40. The molecule has 1 rings (SSSR count). The van der Waals surface area contributed by atoms with Gasteiger partial charge in [0.2, 0.25) is 6.08 Å². The number of aliphatic imine (C=N–C) groups is 1. The highest BCUT2D eigenvalue weighted by Crippen LogP contribution is 2.37. The van der Waals surface area contributed by atoms with Crippen molar-refractivity contribution in [1.29, 1.82) is 0 Å². The molecule has 0 aromatic heterocycles. The summed E-state index contributed by atoms with van der Waals surface area (Å²) in [4.78, 5) is 13.0. The zero-order chi connectivity index (χ0) is 6.91. The van der Waals surface area contributed by atoms with E-state index in [-0.39, 0.29) is 6.04 Å². The number of isocyanates is 1. The van der Waals surface area contributed by atoms with Gasteiger partial charge in [-0.15, -0.1) is 0 Å². The summed E-state index contributed by atoms with van der Waals surface area (Å²) in [6, 6.07) is -0.0995. The van der Waals surface area contributed by atoms with Crippen LogP contribution in [0.3, 0.4) is 0 Å². The van der Waals surface area contributed by atoms with Gasteiger partial charge < -0.3 is 0 Å². The number of nitrogens with zero attached hydrogens (tertiary/aromatic N) is 1. The Hall–Kier alpha value is -0.690. The number of carbonyl (C=O) groups excluding carboxylic acids is 1. The van der Waals surface area contributed by atoms with Crippen LogP contribution in [0.1, 0.15) is 19.8 Å². The van der Waals surface area contributed by atoms with E-state index in [1.807, 2.05) is 0 Å². The maximum Gasteiger partial charge on any atom is 0.235 e. The second kappa shape index (κ2) is 1.92. The van der Waals surface area contributed by atoms with Gasteiger partial charge in [0.1, 0.15) is 5.67 Å². The number of hydrogen-bond acceptors (Lipinski definition) is 2. The summed E-state index contributed by atoms with van der Waals surface area (Å²) in [5.41, 5.74) is -1.08. The molecule has 9 heavy (non-hydrogen) atoms. The zero-order valence-corrected chi connectivity index (χ0v) is 5.22. The van der Waals surface area contributed by atoms with Crippen molar-refractivity contribution in [1.82, 2.24) is 0 Å². The minimum atomic E-state index is -1.08. The van der Waals surface area contributed by atoms with Crippen molar-refractivity contribution in [3.8, 4) is 0 Å². The van der Waals surface area contributed by atoms with Gasteiger partial charge in [0.25, 0.3) is 0 Å². The fourth-order valence-corrected chi connectivity index (χ4v) is 1.09. The summed E-state index contributed by atoms with van der Waals surface area (Å²) in [6.45, 7) is 1.52. The molecule has 3 heteroatoms. The fraction of sp³-hybridized carbons (Fsp3) is 0.833. The highest BCUT2D eigenvalue weighted by atomic mass is 19.1. The predicted octanol–water partition coefficient (Wildman–Crippen LogP) is 1.21. The molecule has 0 bridgehead atoms. The first kappa shape index (κ1) is 6.43. The molecule has 2 nitrogen and oxygen atoms in total. The average molecular weight is 129 g/mol. The van der Waals surface area contributed by atoms with Gasteiger partial charge >= 0.3 is 0 Å². The lowest BCUT2D eigenvalue weighted by atomic mass is 9.79. The standard InChI is InChI=1S/C6H8FNO/c1-6(7)2-5(3-6)8-4-9/h5H,2-3H2,1H3. The van der Waals surface area contributed by atoms with E-state index in [0.29, 0.717) is 12.8 Å². The van der Waals surface area contributed by atoms with Gasteiger partial charge in [-0.05, 0) is 6.92 Å². The molecule has 0 saturated heterocycles. The van der Waals surface area contributed by atoms with E-state index in [0.717, 1.165) is 0 Å². The van der Waals surface area contributed by atoms with Gasteiger partial charge in [-0.3, -0.25) is 0 Å². The molecule has 1 saturated carbocycles. The normalized spacial score (nSPS) is 40.9. The number of halogens is 1. The highest BCUT2D eigenvalue weighted by molar-refractivity contribution is 5.34. The van der Waals surface area contributed by atoms with Crippen LogP contribution in [-0.2, 0) is 4.79 Å². The summed E-state index contributed by atoms with van der Waals surface area (Å²) in [6.07, 6.45) is 2.17. The van der Waals surface area contributed by atoms with Crippen LogP contribution >= 0.6 is 0 Å². The van der Waals surface area contributed by atoms with Crippen LogP contribution < -0.4 is 0 Å². The molecular formula is C6H8FNO. The number of hydrogen-bond donors (Lipinski definition) is 0. The molecule has 0 aliphatic heterocycles. The topological polar surface area (TPSA) is 29.4 Å². The molecular weight excluding hydrogens is 121 g/mol. The summed E-state index contributed by atoms with van der Waals surface area (Å²) in [5.74, 6) is 0. The molecule has 0 unspecified atom stereocenters. The Morgan fingerprint density at radius 3 is 2.67 bits per heavy atom. The second-order valence-electron chi connectivity index (χ2n) is 2.70. The Bertz CT molecular complexity index is 152. The van der Waals surface area contributed by atoms with Gasteiger partial charge in [-0.1, -0.05) is 0 Å². The summed E-state index contributed by atoms with van der Waals surface area (Å²) in [7, 11) is 0. The molecule has 50 valence electrons. The van der Waals surface area contributed by atoms with Crippen LogP contribution in [0, 0.1) is 0 Å². The quantitative estimate of drug-likeness (QED) is 0.386. The molecule has 0 amide bonds. The third-order valence-electron chi connectivity index (χ3n) is 1.56. The van der Waals surface area contributed by atoms with Gasteiger partial charge in [0, 0.05) is 12.8 Å². The minimum absolute atomic E-state index is 0.0995. The number of rotatable bonds is 1. The summed E-state index contributed by atoms with van der Waals surface area (Å²) in [5, 5.41) is 0. The first-order valence-corrected chi connectivity index (χ1v) is 2.90. The third-order valence-corrected chi connectivity index (χ3v) is 1.56. The Kier molecular flexibility index (Phi) is 1.37. The molecule has 0 atom stereocenters. The van der Waals surface area contributed by atoms with Crippen molar-refractivity contribution in [3.05, 3.63) is 0 Å². The monoisotopic (exact) mass is 129 g/mol. The molecule has 1 aliphatic carbocycles. The molecule has 1 fully saturated rings. The molecule has 1 aliphatic rings. The van der Waals surface area contributed by atoms with Crippen LogP contribution in [0.25, 0.3) is 0 Å². The SMILES string of the molecule is CC1(F)CC(N=C=O)C1. The largest absolute Gasteiger partial charge is 0.244 e. The van der Waals surface area contributed by atoms with Crippen LogP contribution in [0.2, 0.25) is 0 Å². The van der Waals surface area contributed by atoms with E-state index in [1.165, 1.54) is 13.0 Å². The first-order valence-electron chi connectivity index (χ1n) is 2.90. The molecule has 0 aromatic carbocycles. The molecule has 0 N–H and O–H groups in total. The van der Waals surface area contributed by atoms with Crippen molar-refractivity contribution in [2.75, 3.05) is 0 Å². The second-order valence-corrected chi connectivity index (χ2v) is 2.70. The van der Waals surface area contributed by atoms with E-state index in [2.05, 4.69) is 4.99 Å². The Labute approximate surface area is 52.8 Å². The molecule has 0 heterocycles. The van der Waals surface area contributed by atoms with Crippen molar-refractivity contribution in [3.63, 3.8) is 0 Å². The van der Waals surface area contributed by atoms with Crippen molar-refractivity contribution >= 4 is 6.08 Å². The fourth-order valence-electron chi connectivity index (χ4n) is 1.09. The van der Waals surface area contributed by atoms with Crippen molar-refractivity contribution < 1.29 is 9.18 Å². The van der Waals surface area contributed by atoms with Gasteiger partial charge in [-0.25, -0.2) is 14.2 Å². The Morgan fingerprint density at radius 2 is 2.33 bits per heavy atom. The lowest BCUT2D eigenvalue weighted by Crippen LogP contribution is -2.39. The lowest BCUT2D eigenvalue weighted by molar-refractivity contribution is 0.0655.